The van der Waals surface area contributed by atoms with Gasteiger partial charge in [-0.05, 0) is 58.8 Å². The monoisotopic (exact) mass is 343 g/mol. The molecule has 0 amide bonds. The molecule has 1 radical (unpaired) electrons. The van der Waals surface area contributed by atoms with Gasteiger partial charge in [-0.1, -0.05) is 19.9 Å². The molecule has 0 saturated carbocycles. The SMILES string of the molecule is [CH2]C(O)(CC(C)(C)c1cc(-c2ccsc2)ccc1O)C(F)(F)F. The Morgan fingerprint density at radius 1 is 1.13 bits per heavy atom. The standard InChI is InChI=1S/C17H18F3O2S/c1-15(2,10-16(3,22)17(18,19)20)13-8-11(4-5-14(13)21)12-6-7-23-9-12/h4-9,21-22H,3,10H2,1-2H3. The molecule has 0 spiro atoms. The number of aliphatic hydroxyl groups is 1. The Balaban J connectivity index is 2.41. The molecule has 2 rings (SSSR count). The van der Waals surface area contributed by atoms with Crippen LogP contribution in [-0.2, 0) is 5.41 Å². The van der Waals surface area contributed by atoms with Crippen molar-refractivity contribution < 1.29 is 23.4 Å². The molecule has 1 heterocycles. The van der Waals surface area contributed by atoms with Gasteiger partial charge in [-0.2, -0.15) is 24.5 Å². The molecule has 0 saturated heterocycles. The van der Waals surface area contributed by atoms with E-state index in [4.69, 9.17) is 0 Å². The molecule has 0 aliphatic rings. The molecule has 1 atom stereocenters. The van der Waals surface area contributed by atoms with Gasteiger partial charge in [0.05, 0.1) is 0 Å². The zero-order chi connectivity index (χ0) is 17.5. The highest BCUT2D eigenvalue weighted by Crippen LogP contribution is 2.43. The van der Waals surface area contributed by atoms with Crippen molar-refractivity contribution in [2.24, 2.45) is 0 Å². The highest BCUT2D eigenvalue weighted by molar-refractivity contribution is 7.08. The number of rotatable bonds is 4. The summed E-state index contributed by atoms with van der Waals surface area (Å²) in [5, 5.41) is 23.6. The zero-order valence-electron chi connectivity index (χ0n) is 12.8. The number of hydrogen-bond donors (Lipinski definition) is 2. The maximum absolute atomic E-state index is 12.9. The maximum atomic E-state index is 12.9. The number of aromatic hydroxyl groups is 1. The Hall–Kier alpha value is -1.53. The first-order valence-electron chi connectivity index (χ1n) is 6.94. The van der Waals surface area contributed by atoms with Crippen LogP contribution in [0.5, 0.6) is 5.75 Å². The van der Waals surface area contributed by atoms with E-state index in [-0.39, 0.29) is 5.75 Å². The van der Waals surface area contributed by atoms with E-state index >= 15 is 0 Å². The molecule has 0 aliphatic carbocycles. The summed E-state index contributed by atoms with van der Waals surface area (Å²) in [6.07, 6.45) is -5.50. The maximum Gasteiger partial charge on any atom is 0.417 e. The largest absolute Gasteiger partial charge is 0.508 e. The summed E-state index contributed by atoms with van der Waals surface area (Å²) >= 11 is 1.50. The number of halogens is 3. The molecule has 2 N–H and O–H groups in total. The first-order chi connectivity index (χ1) is 10.4. The fourth-order valence-corrected chi connectivity index (χ4v) is 3.28. The van der Waals surface area contributed by atoms with Gasteiger partial charge < -0.3 is 10.2 Å². The lowest BCUT2D eigenvalue weighted by molar-refractivity contribution is -0.247. The summed E-state index contributed by atoms with van der Waals surface area (Å²) in [6, 6.07) is 6.71. The Morgan fingerprint density at radius 2 is 1.78 bits per heavy atom. The Kier molecular flexibility index (Phi) is 4.52. The molecule has 125 valence electrons. The van der Waals surface area contributed by atoms with Crippen molar-refractivity contribution >= 4 is 11.3 Å². The van der Waals surface area contributed by atoms with Crippen molar-refractivity contribution in [3.8, 4) is 16.9 Å². The van der Waals surface area contributed by atoms with Gasteiger partial charge in [0.15, 0.2) is 5.60 Å². The predicted molar refractivity (Wildman–Crippen MR) is 85.4 cm³/mol. The van der Waals surface area contributed by atoms with Crippen molar-refractivity contribution in [1.29, 1.82) is 0 Å². The van der Waals surface area contributed by atoms with Crippen LogP contribution in [0.15, 0.2) is 35.0 Å². The summed E-state index contributed by atoms with van der Waals surface area (Å²) < 4.78 is 38.7. The minimum absolute atomic E-state index is 0.105. The Bertz CT molecular complexity index is 674. The van der Waals surface area contributed by atoms with Crippen molar-refractivity contribution in [2.45, 2.75) is 37.5 Å². The van der Waals surface area contributed by atoms with Gasteiger partial charge in [-0.15, -0.1) is 0 Å². The van der Waals surface area contributed by atoms with E-state index in [0.29, 0.717) is 5.56 Å². The lowest BCUT2D eigenvalue weighted by atomic mass is 9.74. The third kappa shape index (κ3) is 3.70. The molecule has 1 aromatic heterocycles. The smallest absolute Gasteiger partial charge is 0.417 e. The Morgan fingerprint density at radius 3 is 2.30 bits per heavy atom. The van der Waals surface area contributed by atoms with Crippen molar-refractivity contribution in [1.82, 2.24) is 0 Å². The molecule has 23 heavy (non-hydrogen) atoms. The van der Waals surface area contributed by atoms with E-state index in [0.717, 1.165) is 11.1 Å². The third-order valence-electron chi connectivity index (χ3n) is 3.84. The molecule has 0 aliphatic heterocycles. The molecule has 2 aromatic rings. The van der Waals surface area contributed by atoms with Crippen molar-refractivity contribution in [3.63, 3.8) is 0 Å². The van der Waals surface area contributed by atoms with E-state index < -0.39 is 23.6 Å². The van der Waals surface area contributed by atoms with Crippen LogP contribution < -0.4 is 0 Å². The van der Waals surface area contributed by atoms with E-state index in [1.54, 1.807) is 26.0 Å². The highest BCUT2D eigenvalue weighted by atomic mass is 32.1. The molecular formula is C17H18F3O2S. The van der Waals surface area contributed by atoms with Crippen LogP contribution in [0.3, 0.4) is 0 Å². The first kappa shape index (κ1) is 17.8. The lowest BCUT2D eigenvalue weighted by Crippen LogP contribution is -2.46. The molecule has 1 unspecified atom stereocenters. The molecule has 2 nitrogen and oxygen atoms in total. The second-order valence-electron chi connectivity index (χ2n) is 6.33. The quantitative estimate of drug-likeness (QED) is 0.827. The molecule has 0 bridgehead atoms. The van der Waals surface area contributed by atoms with Crippen molar-refractivity contribution in [3.05, 3.63) is 47.5 Å². The Labute approximate surface area is 137 Å². The average molecular weight is 343 g/mol. The average Bonchev–Trinajstić information content (AvgIpc) is 2.90. The van der Waals surface area contributed by atoms with E-state index in [9.17, 15) is 23.4 Å². The van der Waals surface area contributed by atoms with E-state index in [2.05, 4.69) is 6.92 Å². The summed E-state index contributed by atoms with van der Waals surface area (Å²) in [7, 11) is 0. The summed E-state index contributed by atoms with van der Waals surface area (Å²) in [6.45, 7) is 5.99. The van der Waals surface area contributed by atoms with Gasteiger partial charge >= 0.3 is 6.18 Å². The van der Waals surface area contributed by atoms with Crippen LogP contribution >= 0.6 is 11.3 Å². The van der Waals surface area contributed by atoms with Gasteiger partial charge in [-0.3, -0.25) is 0 Å². The van der Waals surface area contributed by atoms with E-state index in [1.807, 2.05) is 16.8 Å². The lowest BCUT2D eigenvalue weighted by Gasteiger charge is -2.35. The number of alkyl halides is 3. The molecule has 0 fully saturated rings. The molecular weight excluding hydrogens is 325 g/mol. The van der Waals surface area contributed by atoms with Gasteiger partial charge in [0.1, 0.15) is 5.75 Å². The van der Waals surface area contributed by atoms with Crippen LogP contribution in [-0.4, -0.2) is 22.0 Å². The molecule has 1 aromatic carbocycles. The van der Waals surface area contributed by atoms with Crippen LogP contribution in [0, 0.1) is 6.92 Å². The zero-order valence-corrected chi connectivity index (χ0v) is 13.6. The van der Waals surface area contributed by atoms with E-state index in [1.165, 1.54) is 17.4 Å². The fraction of sp³-hybridized carbons (Fsp3) is 0.353. The van der Waals surface area contributed by atoms with Crippen LogP contribution in [0.1, 0.15) is 25.8 Å². The van der Waals surface area contributed by atoms with Gasteiger partial charge in [0, 0.05) is 5.56 Å². The second-order valence-corrected chi connectivity index (χ2v) is 7.11. The van der Waals surface area contributed by atoms with Crippen LogP contribution in [0.4, 0.5) is 13.2 Å². The van der Waals surface area contributed by atoms with Gasteiger partial charge in [-0.25, -0.2) is 0 Å². The number of phenolic OH excluding ortho intramolecular Hbond substituents is 1. The first-order valence-corrected chi connectivity index (χ1v) is 7.89. The minimum Gasteiger partial charge on any atom is -0.508 e. The fourth-order valence-electron chi connectivity index (χ4n) is 2.61. The second kappa shape index (κ2) is 5.83. The van der Waals surface area contributed by atoms with Gasteiger partial charge in [0.25, 0.3) is 0 Å². The minimum atomic E-state index is -4.84. The third-order valence-corrected chi connectivity index (χ3v) is 4.53. The summed E-state index contributed by atoms with van der Waals surface area (Å²) in [5.41, 5.74) is -2.14. The number of thiophene rings is 1. The van der Waals surface area contributed by atoms with Crippen LogP contribution in [0.2, 0.25) is 0 Å². The summed E-state index contributed by atoms with van der Waals surface area (Å²) in [4.78, 5) is 0. The topological polar surface area (TPSA) is 40.5 Å². The van der Waals surface area contributed by atoms with Gasteiger partial charge in [0.2, 0.25) is 0 Å². The van der Waals surface area contributed by atoms with Crippen LogP contribution in [0.25, 0.3) is 11.1 Å². The predicted octanol–water partition coefficient (Wildman–Crippen LogP) is 4.92. The number of hydrogen-bond acceptors (Lipinski definition) is 3. The van der Waals surface area contributed by atoms with Crippen molar-refractivity contribution in [2.75, 3.05) is 0 Å². The summed E-state index contributed by atoms with van der Waals surface area (Å²) in [5.74, 6) is -0.105. The number of phenols is 1. The highest BCUT2D eigenvalue weighted by Gasteiger charge is 2.52. The number of benzene rings is 1. The normalized spacial score (nSPS) is 15.4. The molecule has 6 heteroatoms.